The SMILES string of the molecule is Cc1nnc(-c2ccc(C(=O)Oc3ccc(N4CCCC4)cc3)cc2)o1. The van der Waals surface area contributed by atoms with Gasteiger partial charge in [-0.2, -0.15) is 0 Å². The average molecular weight is 349 g/mol. The summed E-state index contributed by atoms with van der Waals surface area (Å²) in [6, 6.07) is 14.6. The molecule has 1 aliphatic rings. The molecule has 0 saturated carbocycles. The fourth-order valence-electron chi connectivity index (χ4n) is 3.03. The van der Waals surface area contributed by atoms with Crippen molar-refractivity contribution in [1.82, 2.24) is 10.2 Å². The number of anilines is 1. The lowest BCUT2D eigenvalue weighted by molar-refractivity contribution is 0.0735. The third-order valence-electron chi connectivity index (χ3n) is 4.41. The highest BCUT2D eigenvalue weighted by Gasteiger charge is 2.14. The van der Waals surface area contributed by atoms with Crippen molar-refractivity contribution >= 4 is 11.7 Å². The van der Waals surface area contributed by atoms with Gasteiger partial charge in [0.15, 0.2) is 0 Å². The summed E-state index contributed by atoms with van der Waals surface area (Å²) in [4.78, 5) is 14.7. The number of benzene rings is 2. The molecule has 1 fully saturated rings. The van der Waals surface area contributed by atoms with Gasteiger partial charge in [-0.25, -0.2) is 4.79 Å². The minimum Gasteiger partial charge on any atom is -0.423 e. The fourth-order valence-corrected chi connectivity index (χ4v) is 3.03. The molecule has 6 heteroatoms. The Hall–Kier alpha value is -3.15. The predicted octanol–water partition coefficient (Wildman–Crippen LogP) is 3.86. The van der Waals surface area contributed by atoms with Crippen LogP contribution in [-0.2, 0) is 0 Å². The number of carbonyl (C=O) groups excluding carboxylic acids is 1. The largest absolute Gasteiger partial charge is 0.423 e. The molecule has 2 heterocycles. The van der Waals surface area contributed by atoms with Crippen molar-refractivity contribution in [1.29, 1.82) is 0 Å². The van der Waals surface area contributed by atoms with Crippen molar-refractivity contribution in [2.75, 3.05) is 18.0 Å². The van der Waals surface area contributed by atoms with Crippen molar-refractivity contribution in [3.8, 4) is 17.2 Å². The van der Waals surface area contributed by atoms with Gasteiger partial charge in [0.25, 0.3) is 0 Å². The van der Waals surface area contributed by atoms with E-state index in [1.165, 1.54) is 18.5 Å². The van der Waals surface area contributed by atoms with E-state index in [1.54, 1.807) is 31.2 Å². The van der Waals surface area contributed by atoms with Crippen LogP contribution in [0.15, 0.2) is 52.9 Å². The van der Waals surface area contributed by atoms with Gasteiger partial charge in [0.1, 0.15) is 5.75 Å². The van der Waals surface area contributed by atoms with Gasteiger partial charge in [0, 0.05) is 31.3 Å². The molecule has 0 spiro atoms. The number of esters is 1. The van der Waals surface area contributed by atoms with E-state index in [-0.39, 0.29) is 0 Å². The van der Waals surface area contributed by atoms with Crippen molar-refractivity contribution < 1.29 is 13.9 Å². The van der Waals surface area contributed by atoms with E-state index < -0.39 is 5.97 Å². The summed E-state index contributed by atoms with van der Waals surface area (Å²) in [6.45, 7) is 3.91. The molecule has 0 N–H and O–H groups in total. The Labute approximate surface area is 151 Å². The van der Waals surface area contributed by atoms with E-state index in [9.17, 15) is 4.79 Å². The van der Waals surface area contributed by atoms with Crippen LogP contribution in [0, 0.1) is 6.92 Å². The summed E-state index contributed by atoms with van der Waals surface area (Å²) in [6.07, 6.45) is 2.46. The van der Waals surface area contributed by atoms with Crippen molar-refractivity contribution in [3.63, 3.8) is 0 Å². The van der Waals surface area contributed by atoms with E-state index in [0.29, 0.717) is 23.1 Å². The monoisotopic (exact) mass is 349 g/mol. The molecular weight excluding hydrogens is 330 g/mol. The number of ether oxygens (including phenoxy) is 1. The van der Waals surface area contributed by atoms with E-state index in [4.69, 9.17) is 9.15 Å². The van der Waals surface area contributed by atoms with Crippen LogP contribution in [0.25, 0.3) is 11.5 Å². The van der Waals surface area contributed by atoms with Crippen LogP contribution in [0.4, 0.5) is 5.69 Å². The third-order valence-corrected chi connectivity index (χ3v) is 4.41. The average Bonchev–Trinajstić information content (AvgIpc) is 3.34. The number of hydrogen-bond acceptors (Lipinski definition) is 6. The van der Waals surface area contributed by atoms with Crippen molar-refractivity contribution in [3.05, 3.63) is 60.0 Å². The summed E-state index contributed by atoms with van der Waals surface area (Å²) in [5.74, 6) is 1.07. The van der Waals surface area contributed by atoms with Gasteiger partial charge in [0.05, 0.1) is 5.56 Å². The molecule has 4 rings (SSSR count). The smallest absolute Gasteiger partial charge is 0.343 e. The van der Waals surface area contributed by atoms with Crippen LogP contribution in [-0.4, -0.2) is 29.3 Å². The first-order valence-corrected chi connectivity index (χ1v) is 8.67. The number of hydrogen-bond donors (Lipinski definition) is 0. The van der Waals surface area contributed by atoms with Gasteiger partial charge < -0.3 is 14.1 Å². The number of carbonyl (C=O) groups is 1. The van der Waals surface area contributed by atoms with Gasteiger partial charge in [-0.3, -0.25) is 0 Å². The van der Waals surface area contributed by atoms with Crippen molar-refractivity contribution in [2.24, 2.45) is 0 Å². The Morgan fingerprint density at radius 3 is 2.31 bits per heavy atom. The molecule has 6 nitrogen and oxygen atoms in total. The van der Waals surface area contributed by atoms with Gasteiger partial charge in [-0.1, -0.05) is 0 Å². The van der Waals surface area contributed by atoms with Crippen LogP contribution < -0.4 is 9.64 Å². The first kappa shape index (κ1) is 16.3. The third kappa shape index (κ3) is 3.44. The quantitative estimate of drug-likeness (QED) is 0.526. The minimum absolute atomic E-state index is 0.396. The highest BCUT2D eigenvalue weighted by atomic mass is 16.5. The molecule has 1 aliphatic heterocycles. The maximum atomic E-state index is 12.3. The van der Waals surface area contributed by atoms with E-state index >= 15 is 0 Å². The fraction of sp³-hybridized carbons (Fsp3) is 0.250. The lowest BCUT2D eigenvalue weighted by Gasteiger charge is -2.17. The Balaban J connectivity index is 1.42. The molecule has 0 amide bonds. The number of rotatable bonds is 4. The zero-order valence-electron chi connectivity index (χ0n) is 14.5. The van der Waals surface area contributed by atoms with Crippen LogP contribution in [0.3, 0.4) is 0 Å². The zero-order valence-corrected chi connectivity index (χ0v) is 14.5. The van der Waals surface area contributed by atoms with Gasteiger partial charge >= 0.3 is 5.97 Å². The predicted molar refractivity (Wildman–Crippen MR) is 97.3 cm³/mol. The number of nitrogens with zero attached hydrogens (tertiary/aromatic N) is 3. The standard InChI is InChI=1S/C20H19N3O3/c1-14-21-22-19(25-14)15-4-6-16(7-5-15)20(24)26-18-10-8-17(9-11-18)23-12-2-3-13-23/h4-11H,2-3,12-13H2,1H3. The Kier molecular flexibility index (Phi) is 4.39. The normalized spacial score (nSPS) is 13.8. The van der Waals surface area contributed by atoms with Gasteiger partial charge in [-0.05, 0) is 61.4 Å². The van der Waals surface area contributed by atoms with Gasteiger partial charge in [0.2, 0.25) is 11.8 Å². The maximum absolute atomic E-state index is 12.3. The topological polar surface area (TPSA) is 68.5 Å². The Morgan fingerprint density at radius 2 is 1.69 bits per heavy atom. The van der Waals surface area contributed by atoms with Crippen molar-refractivity contribution in [2.45, 2.75) is 19.8 Å². The highest BCUT2D eigenvalue weighted by Crippen LogP contribution is 2.24. The molecule has 0 atom stereocenters. The second-order valence-corrected chi connectivity index (χ2v) is 6.28. The number of aromatic nitrogens is 2. The molecule has 3 aromatic rings. The second kappa shape index (κ2) is 7.00. The molecule has 1 aromatic heterocycles. The lowest BCUT2D eigenvalue weighted by atomic mass is 10.1. The first-order valence-electron chi connectivity index (χ1n) is 8.67. The van der Waals surface area contributed by atoms with Crippen LogP contribution in [0.2, 0.25) is 0 Å². The highest BCUT2D eigenvalue weighted by molar-refractivity contribution is 5.91. The lowest BCUT2D eigenvalue weighted by Crippen LogP contribution is -2.17. The molecule has 0 bridgehead atoms. The molecule has 0 radical (unpaired) electrons. The molecule has 1 saturated heterocycles. The minimum atomic E-state index is -0.396. The van der Waals surface area contributed by atoms with Crippen LogP contribution in [0.5, 0.6) is 5.75 Å². The second-order valence-electron chi connectivity index (χ2n) is 6.28. The number of aryl methyl sites for hydroxylation is 1. The summed E-state index contributed by atoms with van der Waals surface area (Å²) >= 11 is 0. The van der Waals surface area contributed by atoms with Crippen LogP contribution in [0.1, 0.15) is 29.1 Å². The first-order chi connectivity index (χ1) is 12.7. The van der Waals surface area contributed by atoms with E-state index in [1.807, 2.05) is 24.3 Å². The summed E-state index contributed by atoms with van der Waals surface area (Å²) < 4.78 is 10.8. The summed E-state index contributed by atoms with van der Waals surface area (Å²) in [5, 5.41) is 7.76. The van der Waals surface area contributed by atoms with E-state index in [2.05, 4.69) is 15.1 Å². The molecule has 26 heavy (non-hydrogen) atoms. The molecular formula is C20H19N3O3. The van der Waals surface area contributed by atoms with Crippen LogP contribution >= 0.6 is 0 Å². The Morgan fingerprint density at radius 1 is 1.00 bits per heavy atom. The molecule has 132 valence electrons. The summed E-state index contributed by atoms with van der Waals surface area (Å²) in [5.41, 5.74) is 2.40. The molecule has 2 aromatic carbocycles. The van der Waals surface area contributed by atoms with Gasteiger partial charge in [-0.15, -0.1) is 10.2 Å². The molecule has 0 aliphatic carbocycles. The Bertz CT molecular complexity index is 895. The maximum Gasteiger partial charge on any atom is 0.343 e. The van der Waals surface area contributed by atoms with E-state index in [0.717, 1.165) is 18.7 Å². The molecule has 0 unspecified atom stereocenters. The summed E-state index contributed by atoms with van der Waals surface area (Å²) in [7, 11) is 0. The zero-order chi connectivity index (χ0) is 17.9.